The van der Waals surface area contributed by atoms with Crippen molar-refractivity contribution in [2.75, 3.05) is 0 Å². The molecule has 0 saturated carbocycles. The Kier molecular flexibility index (Phi) is 8.34. The van der Waals surface area contributed by atoms with E-state index >= 15 is 0 Å². The van der Waals surface area contributed by atoms with Gasteiger partial charge in [0, 0.05) is 53.7 Å². The largest absolute Gasteiger partial charge is 0.309 e. The number of fused-ring (bicyclic) bond motifs is 5. The average Bonchev–Trinajstić information content (AvgIpc) is 3.87. The zero-order valence-corrected chi connectivity index (χ0v) is 32.3. The molecule has 0 unspecified atom stereocenters. The van der Waals surface area contributed by atoms with Crippen LogP contribution < -0.4 is 0 Å². The highest BCUT2D eigenvalue weighted by atomic mass is 32.1. The molecule has 0 N–H and O–H groups in total. The molecule has 11 rings (SSSR count). The van der Waals surface area contributed by atoms with E-state index in [2.05, 4.69) is 205 Å². The summed E-state index contributed by atoms with van der Waals surface area (Å²) in [6.07, 6.45) is 0. The van der Waals surface area contributed by atoms with Crippen LogP contribution in [0.5, 0.6) is 0 Å². The third-order valence-electron chi connectivity index (χ3n) is 11.0. The zero-order chi connectivity index (χ0) is 38.4. The van der Waals surface area contributed by atoms with Gasteiger partial charge in [-0.05, 0) is 52.6 Å². The minimum Gasteiger partial charge on any atom is -0.309 e. The molecule has 3 nitrogen and oxygen atoms in total. The summed E-state index contributed by atoms with van der Waals surface area (Å²) < 4.78 is 3.70. The van der Waals surface area contributed by atoms with Crippen LogP contribution in [0.4, 0.5) is 0 Å². The number of para-hydroxylation sites is 1. The smallest absolute Gasteiger partial charge is 0.160 e. The van der Waals surface area contributed by atoms with Crippen molar-refractivity contribution < 1.29 is 0 Å². The topological polar surface area (TPSA) is 30.7 Å². The van der Waals surface area contributed by atoms with Gasteiger partial charge in [-0.15, -0.1) is 11.3 Å². The number of hydrogen-bond acceptors (Lipinski definition) is 3. The van der Waals surface area contributed by atoms with Crippen molar-refractivity contribution in [2.24, 2.45) is 0 Å². The number of hydrogen-bond donors (Lipinski definition) is 0. The lowest BCUT2D eigenvalue weighted by Gasteiger charge is -2.12. The monoisotopic (exact) mass is 757 g/mol. The van der Waals surface area contributed by atoms with Crippen LogP contribution in [0.15, 0.2) is 212 Å². The van der Waals surface area contributed by atoms with E-state index in [1.807, 2.05) is 23.5 Å². The van der Waals surface area contributed by atoms with Gasteiger partial charge in [0.25, 0.3) is 0 Å². The second-order valence-electron chi connectivity index (χ2n) is 14.5. The predicted octanol–water partition coefficient (Wildman–Crippen LogP) is 14.8. The molecule has 4 heteroatoms. The molecule has 0 radical (unpaired) electrons. The van der Waals surface area contributed by atoms with Crippen molar-refractivity contribution in [1.82, 2.24) is 14.5 Å². The summed E-state index contributed by atoms with van der Waals surface area (Å²) in [6.45, 7) is 0. The molecule has 272 valence electrons. The Hall–Kier alpha value is -7.40. The zero-order valence-electron chi connectivity index (χ0n) is 31.5. The van der Waals surface area contributed by atoms with Crippen molar-refractivity contribution in [3.05, 3.63) is 212 Å². The Morgan fingerprint density at radius 2 is 0.897 bits per heavy atom. The number of nitrogens with zero attached hydrogens (tertiary/aromatic N) is 3. The van der Waals surface area contributed by atoms with E-state index in [9.17, 15) is 0 Å². The van der Waals surface area contributed by atoms with Crippen molar-refractivity contribution in [2.45, 2.75) is 0 Å². The van der Waals surface area contributed by atoms with Crippen molar-refractivity contribution in [1.29, 1.82) is 0 Å². The van der Waals surface area contributed by atoms with Gasteiger partial charge in [-0.1, -0.05) is 182 Å². The molecule has 58 heavy (non-hydrogen) atoms. The third-order valence-corrected chi connectivity index (χ3v) is 12.3. The van der Waals surface area contributed by atoms with E-state index in [0.29, 0.717) is 5.82 Å². The quantitative estimate of drug-likeness (QED) is 0.162. The summed E-state index contributed by atoms with van der Waals surface area (Å²) in [5, 5.41) is 3.78. The van der Waals surface area contributed by atoms with Crippen LogP contribution in [-0.2, 0) is 0 Å². The molecule has 8 aromatic carbocycles. The van der Waals surface area contributed by atoms with Gasteiger partial charge in [0.1, 0.15) is 0 Å². The molecule has 0 bridgehead atoms. The third kappa shape index (κ3) is 5.90. The minimum atomic E-state index is 0.687. The molecular formula is C54H35N3S. The van der Waals surface area contributed by atoms with Crippen LogP contribution in [0.2, 0.25) is 0 Å². The number of thiophene rings is 1. The normalized spacial score (nSPS) is 11.4. The van der Waals surface area contributed by atoms with Crippen molar-refractivity contribution in [3.8, 4) is 72.3 Å². The van der Waals surface area contributed by atoms with Crippen molar-refractivity contribution >= 4 is 43.2 Å². The first kappa shape index (κ1) is 33.9. The molecule has 11 aromatic rings. The van der Waals surface area contributed by atoms with Crippen LogP contribution in [0.3, 0.4) is 0 Å². The summed E-state index contributed by atoms with van der Waals surface area (Å²) >= 11 is 1.89. The van der Waals surface area contributed by atoms with Crippen LogP contribution in [0.25, 0.3) is 104 Å². The Labute approximate surface area is 340 Å². The Balaban J connectivity index is 1.09. The van der Waals surface area contributed by atoms with Gasteiger partial charge in [0.05, 0.1) is 22.4 Å². The van der Waals surface area contributed by atoms with E-state index in [4.69, 9.17) is 9.97 Å². The van der Waals surface area contributed by atoms with Crippen LogP contribution in [0.1, 0.15) is 0 Å². The molecule has 0 atom stereocenters. The second-order valence-corrected chi connectivity index (χ2v) is 15.6. The Bertz CT molecular complexity index is 3240. The Morgan fingerprint density at radius 1 is 0.362 bits per heavy atom. The maximum absolute atomic E-state index is 5.24. The van der Waals surface area contributed by atoms with E-state index < -0.39 is 0 Å². The van der Waals surface area contributed by atoms with Gasteiger partial charge in [-0.3, -0.25) is 0 Å². The highest BCUT2D eigenvalue weighted by Gasteiger charge is 2.22. The van der Waals surface area contributed by atoms with E-state index in [1.54, 1.807) is 0 Å². The molecule has 0 fully saturated rings. The maximum Gasteiger partial charge on any atom is 0.160 e. The van der Waals surface area contributed by atoms with Crippen LogP contribution >= 0.6 is 11.3 Å². The minimum absolute atomic E-state index is 0.687. The second kappa shape index (κ2) is 14.3. The van der Waals surface area contributed by atoms with E-state index in [0.717, 1.165) is 39.3 Å². The summed E-state index contributed by atoms with van der Waals surface area (Å²) in [6, 6.07) is 75.4. The fraction of sp³-hybridized carbons (Fsp3) is 0. The standard InChI is InChI=1S/C54H35N3S/c1-5-16-36(17-6-1)37-28-30-39(31-29-37)47-35-46(38-18-7-2-8-19-38)55-54(56-47)42-24-15-25-43(34-42)57-48-27-14-13-26-44(48)51-49(57)33-32-45-50(40-20-9-3-10-21-40)52(58-53(45)51)41-22-11-4-12-23-41/h1-35H. The first-order valence-electron chi connectivity index (χ1n) is 19.6. The molecular weight excluding hydrogens is 723 g/mol. The van der Waals surface area contributed by atoms with Crippen LogP contribution in [0, 0.1) is 0 Å². The van der Waals surface area contributed by atoms with Gasteiger partial charge in [0.15, 0.2) is 5.82 Å². The number of rotatable bonds is 7. The lowest BCUT2D eigenvalue weighted by atomic mass is 9.98. The lowest BCUT2D eigenvalue weighted by molar-refractivity contribution is 1.16. The average molecular weight is 758 g/mol. The molecule has 3 aromatic heterocycles. The molecule has 0 saturated heterocycles. The highest BCUT2D eigenvalue weighted by Crippen LogP contribution is 2.49. The first-order valence-corrected chi connectivity index (χ1v) is 20.4. The van der Waals surface area contributed by atoms with Gasteiger partial charge < -0.3 is 4.57 Å². The molecule has 0 aliphatic rings. The fourth-order valence-corrected chi connectivity index (χ4v) is 9.68. The van der Waals surface area contributed by atoms with Gasteiger partial charge in [-0.25, -0.2) is 9.97 Å². The highest BCUT2D eigenvalue weighted by molar-refractivity contribution is 7.24. The summed E-state index contributed by atoms with van der Waals surface area (Å²) in [7, 11) is 0. The molecule has 3 heterocycles. The lowest BCUT2D eigenvalue weighted by Crippen LogP contribution is -1.98. The van der Waals surface area contributed by atoms with E-state index in [-0.39, 0.29) is 0 Å². The fourth-order valence-electron chi connectivity index (χ4n) is 8.30. The predicted molar refractivity (Wildman–Crippen MR) is 244 cm³/mol. The van der Waals surface area contributed by atoms with E-state index in [1.165, 1.54) is 59.1 Å². The molecule has 0 aliphatic heterocycles. The summed E-state index contributed by atoms with van der Waals surface area (Å²) in [4.78, 5) is 11.7. The van der Waals surface area contributed by atoms with Gasteiger partial charge in [0.2, 0.25) is 0 Å². The molecule has 0 amide bonds. The number of aromatic nitrogens is 3. The van der Waals surface area contributed by atoms with Gasteiger partial charge >= 0.3 is 0 Å². The molecule has 0 spiro atoms. The number of benzene rings is 8. The molecule has 0 aliphatic carbocycles. The Morgan fingerprint density at radius 3 is 1.59 bits per heavy atom. The van der Waals surface area contributed by atoms with Crippen molar-refractivity contribution in [3.63, 3.8) is 0 Å². The summed E-state index contributed by atoms with van der Waals surface area (Å²) in [5.74, 6) is 0.687. The van der Waals surface area contributed by atoms with Crippen LogP contribution in [-0.4, -0.2) is 14.5 Å². The summed E-state index contributed by atoms with van der Waals surface area (Å²) in [5.41, 5.74) is 14.3. The SMILES string of the molecule is c1ccc(-c2ccc(-c3cc(-c4ccccc4)nc(-c4cccc(-n5c6ccccc6c6c7sc(-c8ccccc8)c(-c8ccccc8)c7ccc65)c4)n3)cc2)cc1. The first-order chi connectivity index (χ1) is 28.8. The van der Waals surface area contributed by atoms with Gasteiger partial charge in [-0.2, -0.15) is 0 Å². The maximum atomic E-state index is 5.24.